The van der Waals surface area contributed by atoms with Gasteiger partial charge in [-0.2, -0.15) is 4.31 Å². The fourth-order valence-corrected chi connectivity index (χ4v) is 3.82. The van der Waals surface area contributed by atoms with Gasteiger partial charge >= 0.3 is 0 Å². The van der Waals surface area contributed by atoms with E-state index < -0.39 is 10.0 Å². The Hall–Kier alpha value is -1.02. The van der Waals surface area contributed by atoms with Crippen molar-refractivity contribution in [2.24, 2.45) is 5.73 Å². The molecule has 0 aliphatic heterocycles. The largest absolute Gasteiger partial charge is 0.395 e. The summed E-state index contributed by atoms with van der Waals surface area (Å²) < 4.78 is 26.0. The second-order valence-corrected chi connectivity index (χ2v) is 7.11. The van der Waals surface area contributed by atoms with Crippen LogP contribution in [0.3, 0.4) is 0 Å². The van der Waals surface area contributed by atoms with E-state index >= 15 is 0 Å². The van der Waals surface area contributed by atoms with Crippen molar-refractivity contribution in [3.05, 3.63) is 35.4 Å². The summed E-state index contributed by atoms with van der Waals surface area (Å²) in [5, 5.41) is 8.99. The molecule has 3 N–H and O–H groups in total. The van der Waals surface area contributed by atoms with Crippen molar-refractivity contribution in [3.63, 3.8) is 0 Å². The van der Waals surface area contributed by atoms with E-state index in [1.807, 2.05) is 0 Å². The summed E-state index contributed by atoms with van der Waals surface area (Å²) in [5.74, 6) is -0.137. The lowest BCUT2D eigenvalue weighted by Gasteiger charge is -2.25. The van der Waals surface area contributed by atoms with Crippen molar-refractivity contribution in [2.45, 2.75) is 25.6 Å². The Morgan fingerprint density at radius 1 is 1.45 bits per heavy atom. The van der Waals surface area contributed by atoms with E-state index in [2.05, 4.69) is 0 Å². The fourth-order valence-electron chi connectivity index (χ4n) is 1.92. The van der Waals surface area contributed by atoms with Gasteiger partial charge in [0.15, 0.2) is 0 Å². The van der Waals surface area contributed by atoms with E-state index in [0.29, 0.717) is 11.1 Å². The van der Waals surface area contributed by atoms with Crippen LogP contribution in [0.1, 0.15) is 25.0 Å². The lowest BCUT2D eigenvalue weighted by molar-refractivity contribution is 0.236. The molecule has 0 unspecified atom stereocenters. The van der Waals surface area contributed by atoms with Crippen LogP contribution in [0.15, 0.2) is 24.3 Å². The van der Waals surface area contributed by atoms with Crippen LogP contribution in [0.5, 0.6) is 0 Å². The molecular formula is C13H20N2O3S2. The molecule has 112 valence electrons. The van der Waals surface area contributed by atoms with Crippen molar-refractivity contribution in [1.29, 1.82) is 0 Å². The Balaban J connectivity index is 3.00. The van der Waals surface area contributed by atoms with Crippen molar-refractivity contribution in [1.82, 2.24) is 4.31 Å². The summed E-state index contributed by atoms with van der Waals surface area (Å²) in [6.45, 7) is 3.44. The highest BCUT2D eigenvalue weighted by atomic mass is 32.2. The van der Waals surface area contributed by atoms with Crippen molar-refractivity contribution in [2.75, 3.05) is 13.2 Å². The molecule has 20 heavy (non-hydrogen) atoms. The number of nitrogens with zero attached hydrogens (tertiary/aromatic N) is 1. The number of benzene rings is 1. The van der Waals surface area contributed by atoms with E-state index in [1.165, 1.54) is 4.31 Å². The second kappa shape index (κ2) is 7.12. The number of aliphatic hydroxyl groups is 1. The molecule has 0 radical (unpaired) electrons. The first-order valence-electron chi connectivity index (χ1n) is 6.27. The number of rotatable bonds is 7. The van der Waals surface area contributed by atoms with Crippen LogP contribution in [-0.2, 0) is 15.8 Å². The van der Waals surface area contributed by atoms with E-state index in [9.17, 15) is 8.42 Å². The van der Waals surface area contributed by atoms with E-state index in [-0.39, 0.29) is 29.9 Å². The minimum Gasteiger partial charge on any atom is -0.395 e. The Morgan fingerprint density at radius 2 is 2.10 bits per heavy atom. The van der Waals surface area contributed by atoms with Gasteiger partial charge in [0.25, 0.3) is 0 Å². The molecule has 0 spiro atoms. The summed E-state index contributed by atoms with van der Waals surface area (Å²) in [6.07, 6.45) is 0. The van der Waals surface area contributed by atoms with Gasteiger partial charge in [-0.15, -0.1) is 0 Å². The minimum absolute atomic E-state index is 0.0923. The highest BCUT2D eigenvalue weighted by Gasteiger charge is 2.24. The molecular weight excluding hydrogens is 296 g/mol. The maximum Gasteiger partial charge on any atom is 0.218 e. The van der Waals surface area contributed by atoms with Crippen LogP contribution in [0, 0.1) is 0 Å². The van der Waals surface area contributed by atoms with Gasteiger partial charge in [0.05, 0.1) is 12.4 Å². The lowest BCUT2D eigenvalue weighted by Crippen LogP contribution is -2.39. The van der Waals surface area contributed by atoms with Gasteiger partial charge in [0.2, 0.25) is 10.0 Å². The quantitative estimate of drug-likeness (QED) is 0.729. The standard InChI is InChI=1S/C13H20N2O3S2/c1-10(2)15(6-7-16)20(17,18)9-11-4-3-5-12(8-11)13(14)19/h3-5,8,10,16H,6-7,9H2,1-2H3,(H2,14,19). The zero-order valence-electron chi connectivity index (χ0n) is 11.6. The summed E-state index contributed by atoms with van der Waals surface area (Å²) >= 11 is 4.88. The first kappa shape index (κ1) is 17.0. The lowest BCUT2D eigenvalue weighted by atomic mass is 10.1. The van der Waals surface area contributed by atoms with Crippen LogP contribution >= 0.6 is 12.2 Å². The summed E-state index contributed by atoms with van der Waals surface area (Å²) in [4.78, 5) is 0.236. The van der Waals surface area contributed by atoms with Crippen molar-refractivity contribution in [3.8, 4) is 0 Å². The molecule has 1 aromatic rings. The first-order valence-corrected chi connectivity index (χ1v) is 8.29. The molecule has 0 aliphatic rings. The molecule has 0 amide bonds. The van der Waals surface area contributed by atoms with Crippen LogP contribution in [0.2, 0.25) is 0 Å². The number of sulfonamides is 1. The smallest absolute Gasteiger partial charge is 0.218 e. The molecule has 0 aromatic heterocycles. The Labute approximate surface area is 125 Å². The zero-order chi connectivity index (χ0) is 15.3. The predicted octanol–water partition coefficient (Wildman–Crippen LogP) is 0.853. The van der Waals surface area contributed by atoms with Crippen molar-refractivity contribution >= 4 is 27.2 Å². The highest BCUT2D eigenvalue weighted by molar-refractivity contribution is 7.88. The molecule has 1 aromatic carbocycles. The maximum atomic E-state index is 12.4. The third kappa shape index (κ3) is 4.52. The SMILES string of the molecule is CC(C)N(CCO)S(=O)(=O)Cc1cccc(C(N)=S)c1. The van der Waals surface area contributed by atoms with Crippen LogP contribution in [0.4, 0.5) is 0 Å². The van der Waals surface area contributed by atoms with Crippen molar-refractivity contribution < 1.29 is 13.5 Å². The molecule has 1 rings (SSSR count). The Bertz CT molecular complexity index is 571. The van der Waals surface area contributed by atoms with Crippen LogP contribution < -0.4 is 5.73 Å². The Kier molecular flexibility index (Phi) is 6.07. The average Bonchev–Trinajstić information content (AvgIpc) is 2.35. The molecule has 7 heteroatoms. The zero-order valence-corrected chi connectivity index (χ0v) is 13.2. The van der Waals surface area contributed by atoms with Crippen LogP contribution in [-0.4, -0.2) is 42.0 Å². The fraction of sp³-hybridized carbons (Fsp3) is 0.462. The number of hydrogen-bond acceptors (Lipinski definition) is 4. The molecule has 0 atom stereocenters. The van der Waals surface area contributed by atoms with E-state index in [1.54, 1.807) is 38.1 Å². The van der Waals surface area contributed by atoms with Gasteiger partial charge in [0.1, 0.15) is 4.99 Å². The molecule has 0 saturated carbocycles. The topological polar surface area (TPSA) is 83.6 Å². The summed E-state index contributed by atoms with van der Waals surface area (Å²) in [6, 6.07) is 6.66. The van der Waals surface area contributed by atoms with Gasteiger partial charge in [-0.1, -0.05) is 30.4 Å². The monoisotopic (exact) mass is 316 g/mol. The average molecular weight is 316 g/mol. The Morgan fingerprint density at radius 3 is 2.60 bits per heavy atom. The minimum atomic E-state index is -3.49. The first-order chi connectivity index (χ1) is 9.27. The molecule has 0 aliphatic carbocycles. The van der Waals surface area contributed by atoms with Gasteiger partial charge in [-0.05, 0) is 25.5 Å². The summed E-state index contributed by atoms with van der Waals surface area (Å²) in [5.41, 5.74) is 6.81. The molecule has 0 heterocycles. The highest BCUT2D eigenvalue weighted by Crippen LogP contribution is 2.15. The molecule has 5 nitrogen and oxygen atoms in total. The number of aliphatic hydroxyl groups excluding tert-OH is 1. The molecule has 0 fully saturated rings. The maximum absolute atomic E-state index is 12.4. The molecule has 0 saturated heterocycles. The predicted molar refractivity (Wildman–Crippen MR) is 83.9 cm³/mol. The normalized spacial score (nSPS) is 12.1. The summed E-state index contributed by atoms with van der Waals surface area (Å²) in [7, 11) is -3.49. The third-order valence-corrected chi connectivity index (χ3v) is 5.07. The van der Waals surface area contributed by atoms with E-state index in [4.69, 9.17) is 23.1 Å². The second-order valence-electron chi connectivity index (χ2n) is 4.75. The number of nitrogens with two attached hydrogens (primary N) is 1. The van der Waals surface area contributed by atoms with Gasteiger partial charge in [0, 0.05) is 18.2 Å². The molecule has 0 bridgehead atoms. The third-order valence-electron chi connectivity index (χ3n) is 2.81. The number of thiocarbonyl (C=S) groups is 1. The van der Waals surface area contributed by atoms with Gasteiger partial charge < -0.3 is 10.8 Å². The van der Waals surface area contributed by atoms with Gasteiger partial charge in [-0.3, -0.25) is 0 Å². The van der Waals surface area contributed by atoms with Gasteiger partial charge in [-0.25, -0.2) is 8.42 Å². The van der Waals surface area contributed by atoms with Crippen LogP contribution in [0.25, 0.3) is 0 Å². The van der Waals surface area contributed by atoms with E-state index in [0.717, 1.165) is 0 Å². The number of hydrogen-bond donors (Lipinski definition) is 2.